The molecule has 1 heterocycles. The summed E-state index contributed by atoms with van der Waals surface area (Å²) in [6.45, 7) is 5.40. The van der Waals surface area contributed by atoms with Crippen LogP contribution < -0.4 is 5.32 Å². The van der Waals surface area contributed by atoms with Gasteiger partial charge in [-0.2, -0.15) is 11.3 Å². The molecule has 0 saturated carbocycles. The number of hydrogen-bond acceptors (Lipinski definition) is 4. The van der Waals surface area contributed by atoms with Crippen LogP contribution >= 0.6 is 11.3 Å². The van der Waals surface area contributed by atoms with Crippen LogP contribution in [0, 0.1) is 11.8 Å². The summed E-state index contributed by atoms with van der Waals surface area (Å²) in [6, 6.07) is 0. The minimum atomic E-state index is -1.01. The fraction of sp³-hybridized carbons (Fsp3) is 0.385. The number of aromatic carboxylic acids is 1. The zero-order valence-corrected chi connectivity index (χ0v) is 11.8. The van der Waals surface area contributed by atoms with Gasteiger partial charge in [0.1, 0.15) is 5.60 Å². The number of carboxylic acid groups (broad SMARTS) is 1. The van der Waals surface area contributed by atoms with Gasteiger partial charge in [-0.25, -0.2) is 9.59 Å². The molecule has 0 saturated heterocycles. The molecule has 19 heavy (non-hydrogen) atoms. The summed E-state index contributed by atoms with van der Waals surface area (Å²) in [5, 5.41) is 14.5. The second-order valence-electron chi connectivity index (χ2n) is 4.66. The van der Waals surface area contributed by atoms with Crippen LogP contribution in [0.4, 0.5) is 4.79 Å². The summed E-state index contributed by atoms with van der Waals surface area (Å²) in [5.74, 6) is 4.37. The Morgan fingerprint density at radius 1 is 1.42 bits per heavy atom. The van der Waals surface area contributed by atoms with Gasteiger partial charge in [-0.3, -0.25) is 0 Å². The lowest BCUT2D eigenvalue weighted by atomic mass is 10.2. The lowest BCUT2D eigenvalue weighted by molar-refractivity contribution is 0.0534. The van der Waals surface area contributed by atoms with Crippen LogP contribution in [0.2, 0.25) is 0 Å². The molecule has 0 aliphatic rings. The lowest BCUT2D eigenvalue weighted by Crippen LogP contribution is -2.32. The Labute approximate surface area is 115 Å². The van der Waals surface area contributed by atoms with E-state index in [0.29, 0.717) is 5.56 Å². The number of carbonyl (C=O) groups excluding carboxylic acids is 1. The lowest BCUT2D eigenvalue weighted by Gasteiger charge is -2.18. The molecule has 2 N–H and O–H groups in total. The first-order valence-corrected chi connectivity index (χ1v) is 6.49. The number of nitrogens with one attached hydrogen (secondary N) is 1. The van der Waals surface area contributed by atoms with E-state index in [9.17, 15) is 9.59 Å². The smallest absolute Gasteiger partial charge is 0.408 e. The Hall–Kier alpha value is -2.00. The minimum Gasteiger partial charge on any atom is -0.478 e. The second kappa shape index (κ2) is 6.25. The van der Waals surface area contributed by atoms with Crippen LogP contribution in [0.1, 0.15) is 36.7 Å². The molecular formula is C13H15NO4S. The van der Waals surface area contributed by atoms with Crippen molar-refractivity contribution in [3.8, 4) is 11.8 Å². The molecule has 0 unspecified atom stereocenters. The first-order chi connectivity index (χ1) is 8.79. The number of rotatable bonds is 2. The standard InChI is InChI=1S/C13H15NO4S/c1-13(2,3)18-12(17)14-6-4-5-9-7-19-8-10(9)11(15)16/h7-8H,6H2,1-3H3,(H,14,17)(H,15,16). The predicted octanol–water partition coefficient (Wildman–Crippen LogP) is 2.32. The summed E-state index contributed by atoms with van der Waals surface area (Å²) >= 11 is 1.27. The van der Waals surface area contributed by atoms with E-state index in [-0.39, 0.29) is 12.1 Å². The Morgan fingerprint density at radius 2 is 2.11 bits per heavy atom. The van der Waals surface area contributed by atoms with Gasteiger partial charge in [-0.05, 0) is 20.8 Å². The number of amides is 1. The van der Waals surface area contributed by atoms with Crippen LogP contribution in [0.15, 0.2) is 10.8 Å². The van der Waals surface area contributed by atoms with Crippen molar-refractivity contribution in [2.75, 3.05) is 6.54 Å². The quantitative estimate of drug-likeness (QED) is 0.816. The van der Waals surface area contributed by atoms with Crippen LogP contribution in [0.3, 0.4) is 0 Å². The molecule has 1 aromatic heterocycles. The number of hydrogen-bond donors (Lipinski definition) is 2. The van der Waals surface area contributed by atoms with Gasteiger partial charge in [0.25, 0.3) is 0 Å². The fourth-order valence-electron chi connectivity index (χ4n) is 1.13. The predicted molar refractivity (Wildman–Crippen MR) is 72.4 cm³/mol. The molecule has 0 aromatic carbocycles. The fourth-order valence-corrected chi connectivity index (χ4v) is 1.88. The molecule has 0 spiro atoms. The summed E-state index contributed by atoms with van der Waals surface area (Å²) in [5.41, 5.74) is 0.0692. The Kier molecular flexibility index (Phi) is 4.95. The highest BCUT2D eigenvalue weighted by molar-refractivity contribution is 7.08. The zero-order chi connectivity index (χ0) is 14.5. The van der Waals surface area contributed by atoms with E-state index in [4.69, 9.17) is 9.84 Å². The molecule has 5 nitrogen and oxygen atoms in total. The second-order valence-corrected chi connectivity index (χ2v) is 5.41. The normalized spacial score (nSPS) is 10.3. The highest BCUT2D eigenvalue weighted by Gasteiger charge is 2.15. The van der Waals surface area contributed by atoms with E-state index in [2.05, 4.69) is 17.2 Å². The maximum atomic E-state index is 11.3. The molecule has 0 aliphatic heterocycles. The molecule has 6 heteroatoms. The van der Waals surface area contributed by atoms with Gasteiger partial charge >= 0.3 is 12.1 Å². The largest absolute Gasteiger partial charge is 0.478 e. The minimum absolute atomic E-state index is 0.101. The average Bonchev–Trinajstić information content (AvgIpc) is 2.70. The van der Waals surface area contributed by atoms with Gasteiger partial charge in [0, 0.05) is 16.3 Å². The van der Waals surface area contributed by atoms with E-state index in [1.54, 1.807) is 26.2 Å². The molecule has 1 aromatic rings. The molecular weight excluding hydrogens is 266 g/mol. The molecule has 0 fully saturated rings. The van der Waals surface area contributed by atoms with Crippen molar-refractivity contribution in [1.29, 1.82) is 0 Å². The number of thiophene rings is 1. The summed E-state index contributed by atoms with van der Waals surface area (Å²) in [7, 11) is 0. The number of carbonyl (C=O) groups is 2. The Bertz CT molecular complexity index is 531. The summed E-state index contributed by atoms with van der Waals surface area (Å²) in [4.78, 5) is 22.1. The maximum absolute atomic E-state index is 11.3. The summed E-state index contributed by atoms with van der Waals surface area (Å²) in [6.07, 6.45) is -0.550. The van der Waals surface area contributed by atoms with Crippen LogP contribution in [-0.4, -0.2) is 29.3 Å². The van der Waals surface area contributed by atoms with Crippen molar-refractivity contribution in [2.45, 2.75) is 26.4 Å². The summed E-state index contributed by atoms with van der Waals surface area (Å²) < 4.78 is 5.03. The molecule has 0 atom stereocenters. The number of carboxylic acids is 1. The zero-order valence-electron chi connectivity index (χ0n) is 10.9. The Balaban J connectivity index is 2.50. The molecule has 0 bridgehead atoms. The SMILES string of the molecule is CC(C)(C)OC(=O)NCC#Cc1cscc1C(=O)O. The molecule has 102 valence electrons. The van der Waals surface area contributed by atoms with Gasteiger partial charge < -0.3 is 15.2 Å². The third-order valence-electron chi connectivity index (χ3n) is 1.84. The van der Waals surface area contributed by atoms with Crippen LogP contribution in [-0.2, 0) is 4.74 Å². The molecule has 1 rings (SSSR count). The number of ether oxygens (including phenoxy) is 1. The first kappa shape index (κ1) is 15.1. The van der Waals surface area contributed by atoms with Gasteiger partial charge in [0.05, 0.1) is 12.1 Å². The topological polar surface area (TPSA) is 75.6 Å². The monoisotopic (exact) mass is 281 g/mol. The average molecular weight is 281 g/mol. The van der Waals surface area contributed by atoms with Crippen molar-refractivity contribution in [1.82, 2.24) is 5.32 Å². The van der Waals surface area contributed by atoms with Crippen LogP contribution in [0.5, 0.6) is 0 Å². The van der Waals surface area contributed by atoms with Gasteiger partial charge in [0.2, 0.25) is 0 Å². The van der Waals surface area contributed by atoms with Crippen molar-refractivity contribution in [2.24, 2.45) is 0 Å². The third-order valence-corrected chi connectivity index (χ3v) is 2.58. The van der Waals surface area contributed by atoms with E-state index >= 15 is 0 Å². The van der Waals surface area contributed by atoms with E-state index in [1.807, 2.05) is 0 Å². The third kappa shape index (κ3) is 5.44. The first-order valence-electron chi connectivity index (χ1n) is 5.55. The highest BCUT2D eigenvalue weighted by atomic mass is 32.1. The van der Waals surface area contributed by atoms with E-state index < -0.39 is 17.7 Å². The Morgan fingerprint density at radius 3 is 2.68 bits per heavy atom. The molecule has 0 aliphatic carbocycles. The maximum Gasteiger partial charge on any atom is 0.408 e. The van der Waals surface area contributed by atoms with Crippen molar-refractivity contribution in [3.63, 3.8) is 0 Å². The molecule has 0 radical (unpaired) electrons. The van der Waals surface area contributed by atoms with Gasteiger partial charge in [-0.1, -0.05) is 11.8 Å². The van der Waals surface area contributed by atoms with Crippen molar-refractivity contribution < 1.29 is 19.4 Å². The van der Waals surface area contributed by atoms with Crippen molar-refractivity contribution in [3.05, 3.63) is 21.9 Å². The van der Waals surface area contributed by atoms with E-state index in [1.165, 1.54) is 16.7 Å². The van der Waals surface area contributed by atoms with Crippen LogP contribution in [0.25, 0.3) is 0 Å². The highest BCUT2D eigenvalue weighted by Crippen LogP contribution is 2.13. The number of alkyl carbamates (subject to hydrolysis) is 1. The van der Waals surface area contributed by atoms with E-state index in [0.717, 1.165) is 0 Å². The van der Waals surface area contributed by atoms with Crippen molar-refractivity contribution >= 4 is 23.4 Å². The molecule has 1 amide bonds. The van der Waals surface area contributed by atoms with Gasteiger partial charge in [0.15, 0.2) is 0 Å². The van der Waals surface area contributed by atoms with Gasteiger partial charge in [-0.15, -0.1) is 0 Å².